The van der Waals surface area contributed by atoms with Gasteiger partial charge in [-0.3, -0.25) is 0 Å². The third-order valence-electron chi connectivity index (χ3n) is 2.53. The topological polar surface area (TPSA) is 33.1 Å². The van der Waals surface area contributed by atoms with Crippen molar-refractivity contribution in [2.45, 2.75) is 17.9 Å². The fraction of sp³-hybridized carbons (Fsp3) is 0.308. The number of rotatable bonds is 4. The summed E-state index contributed by atoms with van der Waals surface area (Å²) in [5.74, 6) is 0.776. The van der Waals surface area contributed by atoms with Crippen molar-refractivity contribution in [2.75, 3.05) is 6.61 Å². The van der Waals surface area contributed by atoms with Crippen molar-refractivity contribution in [1.29, 1.82) is 0 Å². The molecule has 2 nitrogen and oxygen atoms in total. The fourth-order valence-electron chi connectivity index (χ4n) is 1.52. The summed E-state index contributed by atoms with van der Waals surface area (Å²) >= 11 is 7.82. The predicted molar refractivity (Wildman–Crippen MR) is 74.6 cm³/mol. The summed E-state index contributed by atoms with van der Waals surface area (Å²) in [6.45, 7) is 2.18. The van der Waals surface area contributed by atoms with Crippen molar-refractivity contribution in [2.24, 2.45) is 0 Å². The summed E-state index contributed by atoms with van der Waals surface area (Å²) in [7, 11) is 0. The Labute approximate surface area is 110 Å². The molecule has 2 rings (SSSR count). The third-order valence-corrected chi connectivity index (χ3v) is 4.05. The molecule has 4 heteroatoms. The highest BCUT2D eigenvalue weighted by molar-refractivity contribution is 7.99. The predicted octanol–water partition coefficient (Wildman–Crippen LogP) is 3.50. The lowest BCUT2D eigenvalue weighted by Gasteiger charge is -2.09. The van der Waals surface area contributed by atoms with Crippen LogP contribution in [-0.2, 0) is 5.75 Å². The SMILES string of the molecule is CC(CO)SCc1cc2ccccc2nc1Cl. The van der Waals surface area contributed by atoms with Crippen molar-refractivity contribution >= 4 is 34.3 Å². The Morgan fingerprint density at radius 1 is 1.41 bits per heavy atom. The van der Waals surface area contributed by atoms with Gasteiger partial charge in [0.15, 0.2) is 0 Å². The van der Waals surface area contributed by atoms with Gasteiger partial charge in [-0.05, 0) is 12.1 Å². The molecule has 17 heavy (non-hydrogen) atoms. The summed E-state index contributed by atoms with van der Waals surface area (Å²) in [5.41, 5.74) is 1.94. The molecule has 0 aliphatic rings. The Balaban J connectivity index is 2.25. The van der Waals surface area contributed by atoms with E-state index in [-0.39, 0.29) is 11.9 Å². The van der Waals surface area contributed by atoms with Crippen LogP contribution in [0.4, 0.5) is 0 Å². The molecule has 1 unspecified atom stereocenters. The van der Waals surface area contributed by atoms with E-state index in [4.69, 9.17) is 16.7 Å². The van der Waals surface area contributed by atoms with E-state index < -0.39 is 0 Å². The molecule has 1 N–H and O–H groups in total. The quantitative estimate of drug-likeness (QED) is 0.861. The second kappa shape index (κ2) is 5.71. The molecule has 0 saturated carbocycles. The zero-order valence-corrected chi connectivity index (χ0v) is 11.1. The van der Waals surface area contributed by atoms with E-state index in [1.807, 2.05) is 31.2 Å². The first-order chi connectivity index (χ1) is 8.20. The number of pyridine rings is 1. The Morgan fingerprint density at radius 2 is 2.18 bits per heavy atom. The van der Waals surface area contributed by atoms with E-state index >= 15 is 0 Å². The van der Waals surface area contributed by atoms with Gasteiger partial charge in [-0.15, -0.1) is 0 Å². The summed E-state index contributed by atoms with van der Waals surface area (Å²) in [4.78, 5) is 4.37. The van der Waals surface area contributed by atoms with Crippen LogP contribution >= 0.6 is 23.4 Å². The number of fused-ring (bicyclic) bond motifs is 1. The normalized spacial score (nSPS) is 12.9. The number of aliphatic hydroxyl groups is 1. The number of para-hydroxylation sites is 1. The molecule has 0 radical (unpaired) electrons. The number of hydrogen-bond donors (Lipinski definition) is 1. The molecular weight excluding hydrogens is 254 g/mol. The van der Waals surface area contributed by atoms with Crippen LogP contribution in [0.5, 0.6) is 0 Å². The fourth-order valence-corrected chi connectivity index (χ4v) is 2.60. The highest BCUT2D eigenvalue weighted by Gasteiger charge is 2.07. The van der Waals surface area contributed by atoms with Crippen molar-refractivity contribution in [1.82, 2.24) is 4.98 Å². The largest absolute Gasteiger partial charge is 0.395 e. The Hall–Kier alpha value is -0.770. The molecule has 2 aromatic rings. The molecular formula is C13H14ClNOS. The van der Waals surface area contributed by atoms with Crippen molar-refractivity contribution in [3.8, 4) is 0 Å². The lowest BCUT2D eigenvalue weighted by Crippen LogP contribution is -2.02. The third kappa shape index (κ3) is 3.12. The summed E-state index contributed by atoms with van der Waals surface area (Å²) in [6, 6.07) is 10.00. The van der Waals surface area contributed by atoms with Gasteiger partial charge in [0.25, 0.3) is 0 Å². The van der Waals surface area contributed by atoms with Gasteiger partial charge < -0.3 is 5.11 Å². The second-order valence-electron chi connectivity index (χ2n) is 3.94. The minimum atomic E-state index is 0.184. The average molecular weight is 268 g/mol. The molecule has 0 fully saturated rings. The molecule has 0 spiro atoms. The molecule has 90 valence electrons. The van der Waals surface area contributed by atoms with Crippen LogP contribution in [0.3, 0.4) is 0 Å². The zero-order chi connectivity index (χ0) is 12.3. The lowest BCUT2D eigenvalue weighted by molar-refractivity contribution is 0.300. The summed E-state index contributed by atoms with van der Waals surface area (Å²) in [6.07, 6.45) is 0. The van der Waals surface area contributed by atoms with Crippen LogP contribution < -0.4 is 0 Å². The Bertz CT molecular complexity index is 518. The number of nitrogens with zero attached hydrogens (tertiary/aromatic N) is 1. The standard InChI is InChI=1S/C13H14ClNOS/c1-9(7-16)17-8-11-6-10-4-2-3-5-12(10)15-13(11)14/h2-6,9,16H,7-8H2,1H3. The van der Waals surface area contributed by atoms with Crippen LogP contribution in [0.15, 0.2) is 30.3 Å². The number of hydrogen-bond acceptors (Lipinski definition) is 3. The van der Waals surface area contributed by atoms with Crippen LogP contribution in [0.25, 0.3) is 10.9 Å². The number of aliphatic hydroxyl groups excluding tert-OH is 1. The van der Waals surface area contributed by atoms with Crippen LogP contribution in [0, 0.1) is 0 Å². The molecule has 1 aromatic heterocycles. The Kier molecular flexibility index (Phi) is 4.26. The molecule has 1 heterocycles. The first-order valence-corrected chi connectivity index (χ1v) is 6.90. The van der Waals surface area contributed by atoms with Gasteiger partial charge in [-0.25, -0.2) is 4.98 Å². The van der Waals surface area contributed by atoms with Gasteiger partial charge in [-0.1, -0.05) is 36.7 Å². The van der Waals surface area contributed by atoms with Crippen molar-refractivity contribution in [3.63, 3.8) is 0 Å². The van der Waals surface area contributed by atoms with Crippen LogP contribution in [-0.4, -0.2) is 21.9 Å². The molecule has 0 aliphatic heterocycles. The number of benzene rings is 1. The minimum absolute atomic E-state index is 0.184. The van der Waals surface area contributed by atoms with E-state index in [1.54, 1.807) is 11.8 Å². The van der Waals surface area contributed by atoms with Gasteiger partial charge in [0.1, 0.15) is 5.15 Å². The highest BCUT2D eigenvalue weighted by atomic mass is 35.5. The zero-order valence-electron chi connectivity index (χ0n) is 9.56. The van der Waals surface area contributed by atoms with Gasteiger partial charge in [0.2, 0.25) is 0 Å². The maximum absolute atomic E-state index is 8.98. The van der Waals surface area contributed by atoms with Crippen LogP contribution in [0.1, 0.15) is 12.5 Å². The van der Waals surface area contributed by atoms with E-state index in [0.29, 0.717) is 5.15 Å². The number of aromatic nitrogens is 1. The number of thioether (sulfide) groups is 1. The minimum Gasteiger partial charge on any atom is -0.395 e. The smallest absolute Gasteiger partial charge is 0.133 e. The maximum Gasteiger partial charge on any atom is 0.133 e. The lowest BCUT2D eigenvalue weighted by atomic mass is 10.2. The maximum atomic E-state index is 8.98. The van der Waals surface area contributed by atoms with E-state index in [9.17, 15) is 0 Å². The summed E-state index contributed by atoms with van der Waals surface area (Å²) in [5, 5.41) is 10.9. The van der Waals surface area contributed by atoms with Crippen molar-refractivity contribution < 1.29 is 5.11 Å². The van der Waals surface area contributed by atoms with Gasteiger partial charge in [0, 0.05) is 22.0 Å². The monoisotopic (exact) mass is 267 g/mol. The Morgan fingerprint density at radius 3 is 2.94 bits per heavy atom. The number of halogens is 1. The molecule has 0 saturated heterocycles. The molecule has 0 bridgehead atoms. The first-order valence-electron chi connectivity index (χ1n) is 5.47. The second-order valence-corrected chi connectivity index (χ2v) is 5.72. The van der Waals surface area contributed by atoms with Gasteiger partial charge >= 0.3 is 0 Å². The van der Waals surface area contributed by atoms with E-state index in [2.05, 4.69) is 11.1 Å². The van der Waals surface area contributed by atoms with Crippen molar-refractivity contribution in [3.05, 3.63) is 41.0 Å². The van der Waals surface area contributed by atoms with E-state index in [1.165, 1.54) is 0 Å². The summed E-state index contributed by atoms with van der Waals surface area (Å²) < 4.78 is 0. The molecule has 0 amide bonds. The molecule has 1 atom stereocenters. The van der Waals surface area contributed by atoms with Gasteiger partial charge in [0.05, 0.1) is 12.1 Å². The van der Waals surface area contributed by atoms with Gasteiger partial charge in [-0.2, -0.15) is 11.8 Å². The van der Waals surface area contributed by atoms with E-state index in [0.717, 1.165) is 22.2 Å². The first kappa shape index (κ1) is 12.7. The molecule has 1 aromatic carbocycles. The molecule has 0 aliphatic carbocycles. The van der Waals surface area contributed by atoms with Crippen LogP contribution in [0.2, 0.25) is 5.15 Å². The highest BCUT2D eigenvalue weighted by Crippen LogP contribution is 2.25. The average Bonchev–Trinajstić information content (AvgIpc) is 2.35.